The van der Waals surface area contributed by atoms with E-state index in [0.29, 0.717) is 37.0 Å². The first-order valence-electron chi connectivity index (χ1n) is 12.7. The molecule has 1 saturated heterocycles. The molecule has 1 N–H and O–H groups in total. The van der Waals surface area contributed by atoms with Crippen LogP contribution in [0.1, 0.15) is 61.6 Å². The van der Waals surface area contributed by atoms with Crippen molar-refractivity contribution in [3.63, 3.8) is 0 Å². The Kier molecular flexibility index (Phi) is 6.97. The van der Waals surface area contributed by atoms with Crippen molar-refractivity contribution in [2.75, 3.05) is 13.1 Å². The van der Waals surface area contributed by atoms with Gasteiger partial charge in [0, 0.05) is 25.9 Å². The third-order valence-electron chi connectivity index (χ3n) is 8.22. The summed E-state index contributed by atoms with van der Waals surface area (Å²) in [5.41, 5.74) is 0.307. The maximum Gasteiger partial charge on any atom is 0.416 e. The second kappa shape index (κ2) is 9.71. The van der Waals surface area contributed by atoms with Crippen LogP contribution < -0.4 is 4.74 Å². The molecule has 206 valence electrons. The van der Waals surface area contributed by atoms with Gasteiger partial charge in [-0.15, -0.1) is 0 Å². The minimum atomic E-state index is -4.69. The van der Waals surface area contributed by atoms with Crippen LogP contribution >= 0.6 is 11.6 Å². The van der Waals surface area contributed by atoms with E-state index in [1.54, 1.807) is 6.92 Å². The quantitative estimate of drug-likeness (QED) is 0.451. The van der Waals surface area contributed by atoms with Gasteiger partial charge in [0.15, 0.2) is 0 Å². The summed E-state index contributed by atoms with van der Waals surface area (Å²) in [5.74, 6) is -0.397. The third-order valence-corrected chi connectivity index (χ3v) is 10.6. The fourth-order valence-corrected chi connectivity index (χ4v) is 7.75. The number of rotatable bonds is 6. The van der Waals surface area contributed by atoms with Gasteiger partial charge < -0.3 is 9.84 Å². The number of benzene rings is 2. The molecule has 38 heavy (non-hydrogen) atoms. The number of hydrogen-bond acceptors (Lipinski definition) is 4. The first-order valence-corrected chi connectivity index (χ1v) is 14.5. The molecular weight excluding hydrogens is 543 g/mol. The maximum absolute atomic E-state index is 13.3. The lowest BCUT2D eigenvalue weighted by molar-refractivity contribution is -0.142. The van der Waals surface area contributed by atoms with Crippen LogP contribution in [-0.4, -0.2) is 42.5 Å². The molecule has 2 heterocycles. The van der Waals surface area contributed by atoms with Gasteiger partial charge in [0.05, 0.1) is 16.5 Å². The lowest BCUT2D eigenvalue weighted by Crippen LogP contribution is -2.51. The summed E-state index contributed by atoms with van der Waals surface area (Å²) in [5, 5.41) is 9.37. The Balaban J connectivity index is 1.34. The van der Waals surface area contributed by atoms with Gasteiger partial charge in [-0.05, 0) is 72.9 Å². The standard InChI is InChI=1S/C27H29ClF3NO5S/c1-16(25(33)34)24(18-3-4-18)19-5-2-17-8-9-26(37-22(17)14-19)10-12-32(13-11-26)38(35,36)23-15-20(27(29,30)31)6-7-21(23)28/h2,5-7,14-16,18,24H,3-4,8-13H2,1H3,(H,33,34)/t16-,24-/m0/s1. The lowest BCUT2D eigenvalue weighted by Gasteiger charge is -2.44. The van der Waals surface area contributed by atoms with Crippen LogP contribution in [0.3, 0.4) is 0 Å². The van der Waals surface area contributed by atoms with E-state index in [-0.39, 0.29) is 24.0 Å². The average Bonchev–Trinajstić information content (AvgIpc) is 3.69. The molecule has 1 saturated carbocycles. The van der Waals surface area contributed by atoms with E-state index in [9.17, 15) is 31.5 Å². The first-order chi connectivity index (χ1) is 17.8. The smallest absolute Gasteiger partial charge is 0.416 e. The van der Waals surface area contributed by atoms with Gasteiger partial charge in [0.25, 0.3) is 0 Å². The molecule has 2 atom stereocenters. The monoisotopic (exact) mass is 571 g/mol. The van der Waals surface area contributed by atoms with E-state index in [1.165, 1.54) is 4.31 Å². The van der Waals surface area contributed by atoms with Crippen molar-refractivity contribution in [2.45, 2.75) is 68.0 Å². The average molecular weight is 572 g/mol. The van der Waals surface area contributed by atoms with Crippen LogP contribution in [0.25, 0.3) is 0 Å². The van der Waals surface area contributed by atoms with Gasteiger partial charge in [-0.1, -0.05) is 30.7 Å². The van der Waals surface area contributed by atoms with E-state index in [0.717, 1.165) is 42.5 Å². The minimum Gasteiger partial charge on any atom is -0.487 e. The molecule has 1 spiro atoms. The Labute approximate surface area is 224 Å². The number of fused-ring (bicyclic) bond motifs is 1. The molecule has 0 amide bonds. The number of hydrogen-bond donors (Lipinski definition) is 1. The van der Waals surface area contributed by atoms with Crippen LogP contribution in [0, 0.1) is 11.8 Å². The van der Waals surface area contributed by atoms with Crippen molar-refractivity contribution in [3.8, 4) is 5.75 Å². The first kappa shape index (κ1) is 27.3. The number of nitrogens with zero attached hydrogens (tertiary/aromatic N) is 1. The largest absolute Gasteiger partial charge is 0.487 e. The van der Waals surface area contributed by atoms with Crippen LogP contribution in [0.5, 0.6) is 5.75 Å². The maximum atomic E-state index is 13.3. The molecule has 2 aromatic rings. The highest BCUT2D eigenvalue weighted by atomic mass is 35.5. The molecule has 11 heteroatoms. The molecule has 0 bridgehead atoms. The Morgan fingerprint density at radius 2 is 1.82 bits per heavy atom. The Bertz CT molecular complexity index is 1350. The number of alkyl halides is 3. The number of piperidine rings is 1. The summed E-state index contributed by atoms with van der Waals surface area (Å²) < 4.78 is 73.8. The van der Waals surface area contributed by atoms with Crippen LogP contribution in [-0.2, 0) is 27.4 Å². The van der Waals surface area contributed by atoms with E-state index in [4.69, 9.17) is 16.3 Å². The van der Waals surface area contributed by atoms with Crippen molar-refractivity contribution in [1.82, 2.24) is 4.31 Å². The molecule has 0 radical (unpaired) electrons. The van der Waals surface area contributed by atoms with E-state index in [2.05, 4.69) is 0 Å². The van der Waals surface area contributed by atoms with Crippen molar-refractivity contribution >= 4 is 27.6 Å². The normalized spacial score (nSPS) is 21.4. The number of sulfonamides is 1. The van der Waals surface area contributed by atoms with E-state index in [1.807, 2.05) is 18.2 Å². The van der Waals surface area contributed by atoms with Crippen molar-refractivity contribution in [2.24, 2.45) is 11.8 Å². The molecule has 0 unspecified atom stereocenters. The van der Waals surface area contributed by atoms with Crippen molar-refractivity contribution in [1.29, 1.82) is 0 Å². The third kappa shape index (κ3) is 5.14. The summed E-state index contributed by atoms with van der Waals surface area (Å²) in [6.45, 7) is 1.91. The topological polar surface area (TPSA) is 83.9 Å². The summed E-state index contributed by atoms with van der Waals surface area (Å²) in [4.78, 5) is 11.2. The number of carbonyl (C=O) groups is 1. The lowest BCUT2D eigenvalue weighted by atomic mass is 9.80. The Hall–Kier alpha value is -2.30. The number of aliphatic carboxylic acids is 1. The molecule has 2 aromatic carbocycles. The fourth-order valence-electron chi connectivity index (χ4n) is 5.81. The summed E-state index contributed by atoms with van der Waals surface area (Å²) in [6, 6.07) is 8.25. The number of aryl methyl sites for hydroxylation is 1. The molecule has 2 fully saturated rings. The Morgan fingerprint density at radius 1 is 1.13 bits per heavy atom. The molecule has 1 aliphatic carbocycles. The predicted molar refractivity (Wildman–Crippen MR) is 135 cm³/mol. The predicted octanol–water partition coefficient (Wildman–Crippen LogP) is 6.12. The SMILES string of the molecule is C[C@H](C(=O)O)[C@H](c1ccc2c(c1)OC1(CC2)CCN(S(=O)(=O)c2cc(C(F)(F)F)ccc2Cl)CC1)C1CC1. The van der Waals surface area contributed by atoms with Gasteiger partial charge in [-0.25, -0.2) is 8.42 Å². The number of ether oxygens (including phenoxy) is 1. The van der Waals surface area contributed by atoms with Crippen LogP contribution in [0.2, 0.25) is 5.02 Å². The van der Waals surface area contributed by atoms with Gasteiger partial charge in [-0.3, -0.25) is 4.79 Å². The second-order valence-electron chi connectivity index (χ2n) is 10.7. The summed E-state index contributed by atoms with van der Waals surface area (Å²) in [7, 11) is -4.24. The zero-order valence-corrected chi connectivity index (χ0v) is 22.4. The van der Waals surface area contributed by atoms with Gasteiger partial charge >= 0.3 is 12.1 Å². The number of carboxylic acid groups (broad SMARTS) is 1. The van der Waals surface area contributed by atoms with Crippen molar-refractivity contribution < 1.29 is 36.2 Å². The highest BCUT2D eigenvalue weighted by molar-refractivity contribution is 7.89. The van der Waals surface area contributed by atoms with Gasteiger partial charge in [0.2, 0.25) is 10.0 Å². The van der Waals surface area contributed by atoms with Gasteiger partial charge in [-0.2, -0.15) is 17.5 Å². The van der Waals surface area contributed by atoms with Gasteiger partial charge in [0.1, 0.15) is 16.2 Å². The molecule has 3 aliphatic rings. The summed E-state index contributed by atoms with van der Waals surface area (Å²) in [6.07, 6.45) is -0.494. The Morgan fingerprint density at radius 3 is 2.42 bits per heavy atom. The highest BCUT2D eigenvalue weighted by Crippen LogP contribution is 2.49. The fraction of sp³-hybridized carbons (Fsp3) is 0.519. The molecule has 6 nitrogen and oxygen atoms in total. The second-order valence-corrected chi connectivity index (χ2v) is 13.0. The zero-order valence-electron chi connectivity index (χ0n) is 20.8. The minimum absolute atomic E-state index is 0.0880. The van der Waals surface area contributed by atoms with E-state index < -0.39 is 44.1 Å². The number of halogens is 4. The molecule has 0 aromatic heterocycles. The van der Waals surface area contributed by atoms with E-state index >= 15 is 0 Å². The van der Waals surface area contributed by atoms with Crippen LogP contribution in [0.15, 0.2) is 41.3 Å². The molecular formula is C27H29ClF3NO5S. The summed E-state index contributed by atoms with van der Waals surface area (Å²) >= 11 is 6.02. The van der Waals surface area contributed by atoms with Crippen molar-refractivity contribution in [3.05, 3.63) is 58.1 Å². The zero-order chi connectivity index (χ0) is 27.5. The highest BCUT2D eigenvalue weighted by Gasteiger charge is 2.44. The van der Waals surface area contributed by atoms with Crippen LogP contribution in [0.4, 0.5) is 13.2 Å². The number of carboxylic acids is 1. The molecule has 2 aliphatic heterocycles. The molecule has 5 rings (SSSR count).